The molecule has 6 heteroatoms. The summed E-state index contributed by atoms with van der Waals surface area (Å²) in [5.74, 6) is -0.760. The fraction of sp³-hybridized carbons (Fsp3) is 0.444. The summed E-state index contributed by atoms with van der Waals surface area (Å²) in [6, 6.07) is 9.53. The quantitative estimate of drug-likeness (QED) is 0.903. The topological polar surface area (TPSA) is 58.4 Å². The van der Waals surface area contributed by atoms with Gasteiger partial charge in [-0.15, -0.1) is 0 Å². The van der Waals surface area contributed by atoms with Crippen LogP contribution < -0.4 is 0 Å². The second-order valence-electron chi connectivity index (χ2n) is 6.41. The second kappa shape index (κ2) is 6.57. The standard InChI is InChI=1S/C18H22ClN3O2/c1-3-15-14(16(19)21(2)20-15)11-22-10-9-18(12-22,17(23)24)13-7-5-4-6-8-13/h4-8H,3,9-12H2,1-2H3,(H,23,24)/t18-/m1/s1. The lowest BCUT2D eigenvalue weighted by atomic mass is 9.80. The van der Waals surface area contributed by atoms with Gasteiger partial charge in [-0.25, -0.2) is 0 Å². The number of likely N-dealkylation sites (tertiary alicyclic amines) is 1. The summed E-state index contributed by atoms with van der Waals surface area (Å²) < 4.78 is 1.69. The highest BCUT2D eigenvalue weighted by Crippen LogP contribution is 2.36. The molecule has 0 saturated carbocycles. The molecule has 5 nitrogen and oxygen atoms in total. The number of carboxylic acid groups (broad SMARTS) is 1. The Labute approximate surface area is 146 Å². The third-order valence-corrected chi connectivity index (χ3v) is 5.43. The van der Waals surface area contributed by atoms with E-state index >= 15 is 0 Å². The van der Waals surface area contributed by atoms with E-state index in [1.54, 1.807) is 4.68 Å². The van der Waals surface area contributed by atoms with Gasteiger partial charge in [-0.05, 0) is 18.4 Å². The van der Waals surface area contributed by atoms with Crippen LogP contribution in [0, 0.1) is 0 Å². The molecule has 3 rings (SSSR count). The summed E-state index contributed by atoms with van der Waals surface area (Å²) in [6.45, 7) is 3.91. The molecule has 1 fully saturated rings. The van der Waals surface area contributed by atoms with Crippen LogP contribution in [0.3, 0.4) is 0 Å². The molecule has 0 radical (unpaired) electrons. The lowest BCUT2D eigenvalue weighted by molar-refractivity contribution is -0.143. The van der Waals surface area contributed by atoms with Crippen LogP contribution in [0.1, 0.15) is 30.2 Å². The van der Waals surface area contributed by atoms with Gasteiger partial charge in [0, 0.05) is 32.2 Å². The van der Waals surface area contributed by atoms with Gasteiger partial charge in [0.1, 0.15) is 10.6 Å². The molecule has 1 atom stereocenters. The molecule has 2 aromatic rings. The van der Waals surface area contributed by atoms with Gasteiger partial charge in [-0.1, -0.05) is 48.9 Å². The average molecular weight is 348 g/mol. The summed E-state index contributed by atoms with van der Waals surface area (Å²) in [6.07, 6.45) is 1.41. The van der Waals surface area contributed by atoms with Crippen molar-refractivity contribution in [3.63, 3.8) is 0 Å². The minimum absolute atomic E-state index is 0.487. The molecule has 1 aromatic carbocycles. The first-order chi connectivity index (χ1) is 11.5. The van der Waals surface area contributed by atoms with Crippen LogP contribution in [0.4, 0.5) is 0 Å². The predicted molar refractivity (Wildman–Crippen MR) is 93.2 cm³/mol. The van der Waals surface area contributed by atoms with Gasteiger partial charge < -0.3 is 5.11 Å². The molecule has 0 unspecified atom stereocenters. The first-order valence-corrected chi connectivity index (χ1v) is 8.57. The van der Waals surface area contributed by atoms with E-state index in [1.807, 2.05) is 37.4 Å². The van der Waals surface area contributed by atoms with Crippen LogP contribution in [0.5, 0.6) is 0 Å². The van der Waals surface area contributed by atoms with Crippen LogP contribution in [-0.2, 0) is 30.2 Å². The normalized spacial score (nSPS) is 21.3. The highest BCUT2D eigenvalue weighted by atomic mass is 35.5. The minimum atomic E-state index is -0.845. The number of carboxylic acids is 1. The fourth-order valence-electron chi connectivity index (χ4n) is 3.58. The number of rotatable bonds is 5. The van der Waals surface area contributed by atoms with Crippen LogP contribution >= 0.6 is 11.6 Å². The van der Waals surface area contributed by atoms with Crippen LogP contribution in [-0.4, -0.2) is 38.8 Å². The van der Waals surface area contributed by atoms with Gasteiger partial charge in [0.05, 0.1) is 5.69 Å². The molecule has 2 heterocycles. The molecule has 1 aromatic heterocycles. The molecule has 0 spiro atoms. The van der Waals surface area contributed by atoms with E-state index in [-0.39, 0.29) is 0 Å². The lowest BCUT2D eigenvalue weighted by Gasteiger charge is -2.25. The minimum Gasteiger partial charge on any atom is -0.481 e. The van der Waals surface area contributed by atoms with Gasteiger partial charge in [-0.2, -0.15) is 5.10 Å². The zero-order valence-electron chi connectivity index (χ0n) is 14.0. The molecular formula is C18H22ClN3O2. The first-order valence-electron chi connectivity index (χ1n) is 8.19. The Hall–Kier alpha value is -1.85. The number of halogens is 1. The van der Waals surface area contributed by atoms with Gasteiger partial charge in [0.25, 0.3) is 0 Å². The maximum absolute atomic E-state index is 12.0. The van der Waals surface area contributed by atoms with E-state index < -0.39 is 11.4 Å². The van der Waals surface area contributed by atoms with Gasteiger partial charge in [0.15, 0.2) is 0 Å². The lowest BCUT2D eigenvalue weighted by Crippen LogP contribution is -2.38. The maximum Gasteiger partial charge on any atom is 0.315 e. The third-order valence-electron chi connectivity index (χ3n) is 4.95. The molecule has 0 bridgehead atoms. The molecule has 1 N–H and O–H groups in total. The Morgan fingerprint density at radius 3 is 2.71 bits per heavy atom. The maximum atomic E-state index is 12.0. The Kier molecular flexibility index (Phi) is 4.65. The molecule has 0 aliphatic carbocycles. The highest BCUT2D eigenvalue weighted by Gasteiger charge is 2.46. The van der Waals surface area contributed by atoms with Crippen LogP contribution in [0.15, 0.2) is 30.3 Å². The van der Waals surface area contributed by atoms with Crippen molar-refractivity contribution >= 4 is 17.6 Å². The van der Waals surface area contributed by atoms with E-state index in [2.05, 4.69) is 16.9 Å². The largest absolute Gasteiger partial charge is 0.481 e. The van der Waals surface area contributed by atoms with E-state index in [9.17, 15) is 9.90 Å². The van der Waals surface area contributed by atoms with Crippen molar-refractivity contribution in [3.8, 4) is 0 Å². The number of hydrogen-bond acceptors (Lipinski definition) is 3. The fourth-order valence-corrected chi connectivity index (χ4v) is 3.79. The van der Waals surface area contributed by atoms with E-state index in [1.165, 1.54) is 0 Å². The number of aliphatic carboxylic acids is 1. The Balaban J connectivity index is 1.85. The van der Waals surface area contributed by atoms with E-state index in [4.69, 9.17) is 11.6 Å². The van der Waals surface area contributed by atoms with Crippen molar-refractivity contribution < 1.29 is 9.90 Å². The Morgan fingerprint density at radius 1 is 1.38 bits per heavy atom. The number of aromatic nitrogens is 2. The van der Waals surface area contributed by atoms with Crippen LogP contribution in [0.25, 0.3) is 0 Å². The molecule has 1 saturated heterocycles. The Morgan fingerprint density at radius 2 is 2.08 bits per heavy atom. The number of carbonyl (C=O) groups is 1. The van der Waals surface area contributed by atoms with Crippen molar-refractivity contribution in [3.05, 3.63) is 52.3 Å². The number of aryl methyl sites for hydroxylation is 2. The van der Waals surface area contributed by atoms with E-state index in [0.29, 0.717) is 24.7 Å². The molecule has 1 aliphatic rings. The summed E-state index contributed by atoms with van der Waals surface area (Å²) in [5, 5.41) is 15.0. The zero-order valence-corrected chi connectivity index (χ0v) is 14.8. The summed E-state index contributed by atoms with van der Waals surface area (Å²) in [5.41, 5.74) is 2.02. The van der Waals surface area contributed by atoms with Gasteiger partial charge >= 0.3 is 5.97 Å². The van der Waals surface area contributed by atoms with Crippen molar-refractivity contribution in [1.82, 2.24) is 14.7 Å². The molecule has 1 aliphatic heterocycles. The summed E-state index contributed by atoms with van der Waals surface area (Å²) in [7, 11) is 1.83. The summed E-state index contributed by atoms with van der Waals surface area (Å²) in [4.78, 5) is 14.2. The summed E-state index contributed by atoms with van der Waals surface area (Å²) >= 11 is 6.38. The molecular weight excluding hydrogens is 326 g/mol. The molecule has 24 heavy (non-hydrogen) atoms. The van der Waals surface area contributed by atoms with Crippen molar-refractivity contribution in [2.75, 3.05) is 13.1 Å². The van der Waals surface area contributed by atoms with Crippen LogP contribution in [0.2, 0.25) is 5.15 Å². The first kappa shape index (κ1) is 17.0. The highest BCUT2D eigenvalue weighted by molar-refractivity contribution is 6.30. The monoisotopic (exact) mass is 347 g/mol. The average Bonchev–Trinajstić information content (AvgIpc) is 3.13. The van der Waals surface area contributed by atoms with Crippen molar-refractivity contribution in [2.45, 2.75) is 31.7 Å². The number of nitrogens with zero attached hydrogens (tertiary/aromatic N) is 3. The predicted octanol–water partition coefficient (Wildman–Crippen LogP) is 2.86. The number of benzene rings is 1. The SMILES string of the molecule is CCc1nn(C)c(Cl)c1CN1CC[C@](C(=O)O)(c2ccccc2)C1. The van der Waals surface area contributed by atoms with Gasteiger partial charge in [0.2, 0.25) is 0 Å². The second-order valence-corrected chi connectivity index (χ2v) is 6.77. The van der Waals surface area contributed by atoms with Crippen molar-refractivity contribution in [2.24, 2.45) is 7.05 Å². The van der Waals surface area contributed by atoms with Crippen molar-refractivity contribution in [1.29, 1.82) is 0 Å². The third kappa shape index (κ3) is 2.82. The molecule has 128 valence electrons. The van der Waals surface area contributed by atoms with Gasteiger partial charge in [-0.3, -0.25) is 14.4 Å². The molecule has 0 amide bonds. The van der Waals surface area contributed by atoms with E-state index in [0.717, 1.165) is 29.8 Å². The Bertz CT molecular complexity index is 744. The zero-order chi connectivity index (χ0) is 17.3. The smallest absolute Gasteiger partial charge is 0.315 e. The number of hydrogen-bond donors (Lipinski definition) is 1.